The summed E-state index contributed by atoms with van der Waals surface area (Å²) in [4.78, 5) is 10.2. The maximum Gasteiger partial charge on any atom is 0.303 e. The van der Waals surface area contributed by atoms with Gasteiger partial charge in [0.05, 0.1) is 0 Å². The summed E-state index contributed by atoms with van der Waals surface area (Å²) in [6.07, 6.45) is 5.33. The number of hydrogen-bond acceptors (Lipinski definition) is 3. The third-order valence-corrected chi connectivity index (χ3v) is 3.16. The highest BCUT2D eigenvalue weighted by Gasteiger charge is 1.98. The van der Waals surface area contributed by atoms with Crippen LogP contribution >= 0.6 is 11.8 Å². The Morgan fingerprint density at radius 1 is 1.43 bits per heavy atom. The fraction of sp³-hybridized carbons (Fsp3) is 0.900. The van der Waals surface area contributed by atoms with Crippen molar-refractivity contribution in [1.29, 1.82) is 0 Å². The highest BCUT2D eigenvalue weighted by molar-refractivity contribution is 7.99. The first-order chi connectivity index (χ1) is 6.66. The van der Waals surface area contributed by atoms with Gasteiger partial charge in [0.15, 0.2) is 0 Å². The quantitative estimate of drug-likeness (QED) is 0.582. The Morgan fingerprint density at radius 2 is 2.14 bits per heavy atom. The van der Waals surface area contributed by atoms with E-state index in [0.717, 1.165) is 25.9 Å². The zero-order valence-corrected chi connectivity index (χ0v) is 9.90. The highest BCUT2D eigenvalue weighted by atomic mass is 32.2. The molecule has 1 unspecified atom stereocenters. The van der Waals surface area contributed by atoms with Crippen LogP contribution in [0, 0.1) is 0 Å². The Bertz CT molecular complexity index is 153. The van der Waals surface area contributed by atoms with Crippen LogP contribution in [0.1, 0.15) is 32.6 Å². The molecule has 0 aliphatic rings. The lowest BCUT2D eigenvalue weighted by atomic mass is 10.2. The van der Waals surface area contributed by atoms with Gasteiger partial charge >= 0.3 is 5.97 Å². The van der Waals surface area contributed by atoms with Crippen molar-refractivity contribution in [1.82, 2.24) is 5.32 Å². The molecule has 0 amide bonds. The van der Waals surface area contributed by atoms with Crippen LogP contribution in [0.2, 0.25) is 0 Å². The summed E-state index contributed by atoms with van der Waals surface area (Å²) in [6.45, 7) is 4.19. The van der Waals surface area contributed by atoms with Crippen molar-refractivity contribution in [3.63, 3.8) is 0 Å². The van der Waals surface area contributed by atoms with Crippen molar-refractivity contribution >= 4 is 17.7 Å². The molecule has 0 saturated heterocycles. The Hall–Kier alpha value is -0.220. The molecule has 2 N–H and O–H groups in total. The molecule has 0 bridgehead atoms. The van der Waals surface area contributed by atoms with Gasteiger partial charge in [-0.1, -0.05) is 6.92 Å². The van der Waals surface area contributed by atoms with Crippen molar-refractivity contribution in [2.45, 2.75) is 37.9 Å². The molecular formula is C10H21NO2S. The molecule has 0 aromatic heterocycles. The molecule has 14 heavy (non-hydrogen) atoms. The fourth-order valence-electron chi connectivity index (χ4n) is 1.07. The number of hydrogen-bond donors (Lipinski definition) is 2. The van der Waals surface area contributed by atoms with E-state index in [0.29, 0.717) is 11.7 Å². The molecule has 4 heteroatoms. The van der Waals surface area contributed by atoms with Crippen molar-refractivity contribution in [3.05, 3.63) is 0 Å². The number of unbranched alkanes of at least 4 members (excludes halogenated alkanes) is 1. The van der Waals surface area contributed by atoms with Crippen LogP contribution in [-0.4, -0.2) is 35.7 Å². The third kappa shape index (κ3) is 9.86. The first-order valence-electron chi connectivity index (χ1n) is 5.12. The highest BCUT2D eigenvalue weighted by Crippen LogP contribution is 2.07. The molecule has 0 saturated carbocycles. The summed E-state index contributed by atoms with van der Waals surface area (Å²) in [7, 11) is 0. The SMILES string of the molecule is CSC(C)CCNCCCCC(=O)O. The van der Waals surface area contributed by atoms with E-state index in [1.54, 1.807) is 0 Å². The predicted octanol–water partition coefficient (Wildman–Crippen LogP) is 1.97. The number of carbonyl (C=O) groups is 1. The van der Waals surface area contributed by atoms with Crippen LogP contribution in [0.15, 0.2) is 0 Å². The van der Waals surface area contributed by atoms with E-state index in [2.05, 4.69) is 18.5 Å². The molecule has 0 radical (unpaired) electrons. The van der Waals surface area contributed by atoms with E-state index in [4.69, 9.17) is 5.11 Å². The van der Waals surface area contributed by atoms with E-state index >= 15 is 0 Å². The lowest BCUT2D eigenvalue weighted by molar-refractivity contribution is -0.137. The number of thioether (sulfide) groups is 1. The maximum absolute atomic E-state index is 10.2. The van der Waals surface area contributed by atoms with Gasteiger partial charge in [0.1, 0.15) is 0 Å². The van der Waals surface area contributed by atoms with Gasteiger partial charge in [-0.15, -0.1) is 0 Å². The molecule has 0 aromatic carbocycles. The molecule has 0 spiro atoms. The van der Waals surface area contributed by atoms with Gasteiger partial charge in [-0.05, 0) is 38.6 Å². The first kappa shape index (κ1) is 13.8. The van der Waals surface area contributed by atoms with E-state index in [1.807, 2.05) is 11.8 Å². The summed E-state index contributed by atoms with van der Waals surface area (Å²) < 4.78 is 0. The second-order valence-corrected chi connectivity index (χ2v) is 4.71. The Balaban J connectivity index is 3.02. The Morgan fingerprint density at radius 3 is 2.71 bits per heavy atom. The standard InChI is InChI=1S/C10H21NO2S/c1-9(14-2)6-8-11-7-4-3-5-10(12)13/h9,11H,3-8H2,1-2H3,(H,12,13). The van der Waals surface area contributed by atoms with Gasteiger partial charge in [-0.2, -0.15) is 11.8 Å². The van der Waals surface area contributed by atoms with E-state index in [1.165, 1.54) is 6.42 Å². The average molecular weight is 219 g/mol. The second kappa shape index (κ2) is 9.34. The maximum atomic E-state index is 10.2. The number of rotatable bonds is 9. The smallest absolute Gasteiger partial charge is 0.303 e. The minimum Gasteiger partial charge on any atom is -0.481 e. The van der Waals surface area contributed by atoms with Gasteiger partial charge in [0.25, 0.3) is 0 Å². The molecule has 0 aromatic rings. The predicted molar refractivity (Wildman–Crippen MR) is 62.0 cm³/mol. The molecule has 0 fully saturated rings. The lowest BCUT2D eigenvalue weighted by Crippen LogP contribution is -2.19. The van der Waals surface area contributed by atoms with Crippen molar-refractivity contribution < 1.29 is 9.90 Å². The Kier molecular flexibility index (Phi) is 9.19. The van der Waals surface area contributed by atoms with Crippen LogP contribution in [0.5, 0.6) is 0 Å². The fourth-order valence-corrected chi connectivity index (χ4v) is 1.43. The van der Waals surface area contributed by atoms with Gasteiger partial charge < -0.3 is 10.4 Å². The van der Waals surface area contributed by atoms with E-state index in [9.17, 15) is 4.79 Å². The number of carboxylic acid groups (broad SMARTS) is 1. The van der Waals surface area contributed by atoms with Crippen LogP contribution in [0.3, 0.4) is 0 Å². The molecular weight excluding hydrogens is 198 g/mol. The normalized spacial score (nSPS) is 12.7. The van der Waals surface area contributed by atoms with Gasteiger partial charge in [0.2, 0.25) is 0 Å². The minimum absolute atomic E-state index is 0.295. The zero-order chi connectivity index (χ0) is 10.8. The monoisotopic (exact) mass is 219 g/mol. The van der Waals surface area contributed by atoms with Crippen LogP contribution in [-0.2, 0) is 4.79 Å². The van der Waals surface area contributed by atoms with Crippen molar-refractivity contribution in [3.8, 4) is 0 Å². The van der Waals surface area contributed by atoms with Crippen LogP contribution < -0.4 is 5.32 Å². The molecule has 84 valence electrons. The minimum atomic E-state index is -0.694. The summed E-state index contributed by atoms with van der Waals surface area (Å²) in [5, 5.41) is 12.4. The van der Waals surface area contributed by atoms with Crippen molar-refractivity contribution in [2.24, 2.45) is 0 Å². The molecule has 0 aliphatic carbocycles. The molecule has 0 heterocycles. The lowest BCUT2D eigenvalue weighted by Gasteiger charge is -2.08. The molecule has 3 nitrogen and oxygen atoms in total. The topological polar surface area (TPSA) is 49.3 Å². The molecule has 0 rings (SSSR count). The largest absolute Gasteiger partial charge is 0.481 e. The van der Waals surface area contributed by atoms with Crippen LogP contribution in [0.4, 0.5) is 0 Å². The number of carboxylic acids is 1. The van der Waals surface area contributed by atoms with Gasteiger partial charge in [-0.3, -0.25) is 4.79 Å². The molecule has 1 atom stereocenters. The summed E-state index contributed by atoms with van der Waals surface area (Å²) in [5.41, 5.74) is 0. The first-order valence-corrected chi connectivity index (χ1v) is 6.41. The molecule has 0 aliphatic heterocycles. The van der Waals surface area contributed by atoms with Crippen LogP contribution in [0.25, 0.3) is 0 Å². The van der Waals surface area contributed by atoms with Gasteiger partial charge in [0, 0.05) is 11.7 Å². The summed E-state index contributed by atoms with van der Waals surface area (Å²) in [6, 6.07) is 0. The summed E-state index contributed by atoms with van der Waals surface area (Å²) >= 11 is 1.88. The van der Waals surface area contributed by atoms with Gasteiger partial charge in [-0.25, -0.2) is 0 Å². The zero-order valence-electron chi connectivity index (χ0n) is 9.08. The number of aliphatic carboxylic acids is 1. The van der Waals surface area contributed by atoms with E-state index < -0.39 is 5.97 Å². The number of nitrogens with one attached hydrogen (secondary N) is 1. The van der Waals surface area contributed by atoms with Crippen molar-refractivity contribution in [2.75, 3.05) is 19.3 Å². The summed E-state index contributed by atoms with van der Waals surface area (Å²) in [5.74, 6) is -0.694. The average Bonchev–Trinajstić information content (AvgIpc) is 2.15. The van der Waals surface area contributed by atoms with E-state index in [-0.39, 0.29) is 0 Å². The third-order valence-electron chi connectivity index (χ3n) is 2.12. The Labute approximate surface area is 90.7 Å². The second-order valence-electron chi connectivity index (χ2n) is 3.44.